The Morgan fingerprint density at radius 1 is 1.30 bits per heavy atom. The number of aryl methyl sites for hydroxylation is 2. The van der Waals surface area contributed by atoms with E-state index in [9.17, 15) is 4.79 Å². The van der Waals surface area contributed by atoms with Gasteiger partial charge in [-0.15, -0.1) is 0 Å². The molecule has 0 amide bonds. The summed E-state index contributed by atoms with van der Waals surface area (Å²) in [5.41, 5.74) is 3.45. The lowest BCUT2D eigenvalue weighted by Gasteiger charge is -2.06. The SMILES string of the molecule is CCn1c2ccccc2c2cc(C(=O)OC)nc(C)c21. The van der Waals surface area contributed by atoms with Crippen LogP contribution in [0, 0.1) is 6.92 Å². The number of benzene rings is 1. The van der Waals surface area contributed by atoms with Gasteiger partial charge in [0.25, 0.3) is 0 Å². The highest BCUT2D eigenvalue weighted by molar-refractivity contribution is 6.10. The van der Waals surface area contributed by atoms with Crippen molar-refractivity contribution < 1.29 is 9.53 Å². The molecule has 0 unspecified atom stereocenters. The number of para-hydroxylation sites is 1. The zero-order valence-corrected chi connectivity index (χ0v) is 11.8. The fourth-order valence-corrected chi connectivity index (χ4v) is 2.81. The van der Waals surface area contributed by atoms with Crippen LogP contribution in [-0.4, -0.2) is 22.6 Å². The van der Waals surface area contributed by atoms with Crippen LogP contribution in [0.25, 0.3) is 21.8 Å². The van der Waals surface area contributed by atoms with Crippen LogP contribution in [-0.2, 0) is 11.3 Å². The van der Waals surface area contributed by atoms with Crippen molar-refractivity contribution in [1.82, 2.24) is 9.55 Å². The number of nitrogens with zero attached hydrogens (tertiary/aromatic N) is 2. The fraction of sp³-hybridized carbons (Fsp3) is 0.250. The van der Waals surface area contributed by atoms with Gasteiger partial charge in [-0.1, -0.05) is 18.2 Å². The summed E-state index contributed by atoms with van der Waals surface area (Å²) in [6.45, 7) is 4.91. The largest absolute Gasteiger partial charge is 0.464 e. The van der Waals surface area contributed by atoms with Crippen LogP contribution in [0.1, 0.15) is 23.1 Å². The number of carbonyl (C=O) groups is 1. The number of carbonyl (C=O) groups excluding carboxylic acids is 1. The van der Waals surface area contributed by atoms with Crippen molar-refractivity contribution in [2.45, 2.75) is 20.4 Å². The van der Waals surface area contributed by atoms with E-state index in [2.05, 4.69) is 28.6 Å². The minimum absolute atomic E-state index is 0.358. The highest BCUT2D eigenvalue weighted by atomic mass is 16.5. The number of methoxy groups -OCH3 is 1. The number of ether oxygens (including phenoxy) is 1. The topological polar surface area (TPSA) is 44.1 Å². The Balaban J connectivity index is 2.47. The fourth-order valence-electron chi connectivity index (χ4n) is 2.81. The molecule has 0 aliphatic heterocycles. The minimum atomic E-state index is -0.400. The molecule has 2 heterocycles. The highest BCUT2D eigenvalue weighted by Crippen LogP contribution is 2.30. The normalized spacial score (nSPS) is 11.2. The van der Waals surface area contributed by atoms with Crippen LogP contribution in [0.5, 0.6) is 0 Å². The molecule has 4 nitrogen and oxygen atoms in total. The molecule has 0 radical (unpaired) electrons. The Morgan fingerprint density at radius 3 is 2.75 bits per heavy atom. The van der Waals surface area contributed by atoms with Gasteiger partial charge in [0.15, 0.2) is 0 Å². The van der Waals surface area contributed by atoms with E-state index in [1.54, 1.807) is 0 Å². The zero-order valence-electron chi connectivity index (χ0n) is 11.8. The van der Waals surface area contributed by atoms with Crippen molar-refractivity contribution in [3.8, 4) is 0 Å². The Kier molecular flexibility index (Phi) is 2.93. The second-order valence-corrected chi connectivity index (χ2v) is 4.74. The standard InChI is InChI=1S/C16H16N2O2/c1-4-18-14-8-6-5-7-11(14)12-9-13(16(19)20-3)17-10(2)15(12)18/h5-9H,4H2,1-3H3. The van der Waals surface area contributed by atoms with E-state index < -0.39 is 5.97 Å². The number of hydrogen-bond acceptors (Lipinski definition) is 3. The summed E-state index contributed by atoms with van der Waals surface area (Å²) in [5, 5.41) is 2.19. The molecule has 0 saturated heterocycles. The maximum atomic E-state index is 11.7. The first-order valence-electron chi connectivity index (χ1n) is 6.64. The molecule has 0 aliphatic rings. The van der Waals surface area contributed by atoms with E-state index >= 15 is 0 Å². The molecule has 0 saturated carbocycles. The van der Waals surface area contributed by atoms with Crippen LogP contribution < -0.4 is 0 Å². The molecule has 0 bridgehead atoms. The van der Waals surface area contributed by atoms with Gasteiger partial charge in [-0.25, -0.2) is 9.78 Å². The summed E-state index contributed by atoms with van der Waals surface area (Å²) in [6.07, 6.45) is 0. The molecular weight excluding hydrogens is 252 g/mol. The van der Waals surface area contributed by atoms with Gasteiger partial charge < -0.3 is 9.30 Å². The van der Waals surface area contributed by atoms with Crippen LogP contribution in [0.3, 0.4) is 0 Å². The first-order valence-corrected chi connectivity index (χ1v) is 6.64. The van der Waals surface area contributed by atoms with Gasteiger partial charge >= 0.3 is 5.97 Å². The lowest BCUT2D eigenvalue weighted by atomic mass is 10.1. The Hall–Kier alpha value is -2.36. The van der Waals surface area contributed by atoms with E-state index in [1.807, 2.05) is 25.1 Å². The molecule has 0 N–H and O–H groups in total. The number of fused-ring (bicyclic) bond motifs is 3. The number of rotatable bonds is 2. The zero-order chi connectivity index (χ0) is 14.3. The number of hydrogen-bond donors (Lipinski definition) is 0. The van der Waals surface area contributed by atoms with Gasteiger partial charge in [0.05, 0.1) is 18.3 Å². The number of aromatic nitrogens is 2. The predicted molar refractivity (Wildman–Crippen MR) is 79.0 cm³/mol. The van der Waals surface area contributed by atoms with Crippen LogP contribution in [0.4, 0.5) is 0 Å². The van der Waals surface area contributed by atoms with Crippen molar-refractivity contribution in [3.63, 3.8) is 0 Å². The highest BCUT2D eigenvalue weighted by Gasteiger charge is 2.16. The van der Waals surface area contributed by atoms with Crippen LogP contribution >= 0.6 is 0 Å². The summed E-state index contributed by atoms with van der Waals surface area (Å²) in [4.78, 5) is 16.1. The molecule has 3 rings (SSSR count). The van der Waals surface area contributed by atoms with Crippen molar-refractivity contribution in [2.24, 2.45) is 0 Å². The van der Waals surface area contributed by atoms with Gasteiger partial charge in [0.2, 0.25) is 0 Å². The molecule has 1 aromatic carbocycles. The smallest absolute Gasteiger partial charge is 0.356 e. The van der Waals surface area contributed by atoms with Crippen LogP contribution in [0.15, 0.2) is 30.3 Å². The van der Waals surface area contributed by atoms with Gasteiger partial charge in [0.1, 0.15) is 5.69 Å². The molecule has 3 aromatic rings. The maximum absolute atomic E-state index is 11.7. The minimum Gasteiger partial charge on any atom is -0.464 e. The third-order valence-electron chi connectivity index (χ3n) is 3.63. The monoisotopic (exact) mass is 268 g/mol. The Labute approximate surface area is 117 Å². The van der Waals surface area contributed by atoms with Gasteiger partial charge in [-0.05, 0) is 26.0 Å². The molecule has 0 fully saturated rings. The molecular formula is C16H16N2O2. The quantitative estimate of drug-likeness (QED) is 0.670. The van der Waals surface area contributed by atoms with E-state index in [0.29, 0.717) is 5.69 Å². The third kappa shape index (κ3) is 1.68. The van der Waals surface area contributed by atoms with Gasteiger partial charge in [-0.2, -0.15) is 0 Å². The molecule has 0 atom stereocenters. The predicted octanol–water partition coefficient (Wildman–Crippen LogP) is 3.30. The van der Waals surface area contributed by atoms with Crippen molar-refractivity contribution in [3.05, 3.63) is 41.7 Å². The second kappa shape index (κ2) is 4.63. The van der Waals surface area contributed by atoms with Gasteiger partial charge in [-0.3, -0.25) is 0 Å². The lowest BCUT2D eigenvalue weighted by Crippen LogP contribution is -2.06. The van der Waals surface area contributed by atoms with E-state index in [1.165, 1.54) is 7.11 Å². The van der Waals surface area contributed by atoms with E-state index in [-0.39, 0.29) is 0 Å². The van der Waals surface area contributed by atoms with Gasteiger partial charge in [0, 0.05) is 22.8 Å². The van der Waals surface area contributed by atoms with E-state index in [4.69, 9.17) is 4.74 Å². The summed E-state index contributed by atoms with van der Waals surface area (Å²) >= 11 is 0. The average molecular weight is 268 g/mol. The summed E-state index contributed by atoms with van der Waals surface area (Å²) in [6, 6.07) is 10.0. The number of pyridine rings is 1. The molecule has 102 valence electrons. The maximum Gasteiger partial charge on any atom is 0.356 e. The molecule has 0 spiro atoms. The molecule has 20 heavy (non-hydrogen) atoms. The average Bonchev–Trinajstić information content (AvgIpc) is 2.81. The molecule has 4 heteroatoms. The second-order valence-electron chi connectivity index (χ2n) is 4.74. The first kappa shape index (κ1) is 12.7. The third-order valence-corrected chi connectivity index (χ3v) is 3.63. The number of esters is 1. The van der Waals surface area contributed by atoms with Crippen molar-refractivity contribution in [1.29, 1.82) is 0 Å². The molecule has 2 aromatic heterocycles. The Bertz CT molecular complexity index is 818. The summed E-state index contributed by atoms with van der Waals surface area (Å²) in [7, 11) is 1.37. The lowest BCUT2D eigenvalue weighted by molar-refractivity contribution is 0.0594. The van der Waals surface area contributed by atoms with Crippen molar-refractivity contribution in [2.75, 3.05) is 7.11 Å². The molecule has 0 aliphatic carbocycles. The summed E-state index contributed by atoms with van der Waals surface area (Å²) in [5.74, 6) is -0.400. The first-order chi connectivity index (χ1) is 9.67. The summed E-state index contributed by atoms with van der Waals surface area (Å²) < 4.78 is 7.01. The van der Waals surface area contributed by atoms with Crippen molar-refractivity contribution >= 4 is 27.8 Å². The van der Waals surface area contributed by atoms with Crippen LogP contribution in [0.2, 0.25) is 0 Å². The van der Waals surface area contributed by atoms with E-state index in [0.717, 1.165) is 34.0 Å². The Morgan fingerprint density at radius 2 is 2.05 bits per heavy atom.